The molecule has 0 amide bonds. The van der Waals surface area contributed by atoms with Gasteiger partial charge in [0, 0.05) is 41.3 Å². The zero-order valence-electron chi connectivity index (χ0n) is 19.3. The molecule has 6 rings (SSSR count). The summed E-state index contributed by atoms with van der Waals surface area (Å²) in [6.45, 7) is 2.82. The van der Waals surface area contributed by atoms with Gasteiger partial charge in [0.25, 0.3) is 0 Å². The van der Waals surface area contributed by atoms with E-state index in [1.807, 2.05) is 30.5 Å². The van der Waals surface area contributed by atoms with Gasteiger partial charge in [0.05, 0.1) is 5.69 Å². The van der Waals surface area contributed by atoms with E-state index in [-0.39, 0.29) is 5.92 Å². The first-order valence-electron chi connectivity index (χ1n) is 11.8. The molecule has 6 heteroatoms. The first-order valence-corrected chi connectivity index (χ1v) is 11.8. The first kappa shape index (κ1) is 21.5. The Balaban J connectivity index is 1.25. The van der Waals surface area contributed by atoms with Crippen LogP contribution in [-0.4, -0.2) is 21.5 Å². The lowest BCUT2D eigenvalue weighted by molar-refractivity contribution is 0.506. The Hall–Kier alpha value is -4.06. The second-order valence-electron chi connectivity index (χ2n) is 9.07. The first-order chi connectivity index (χ1) is 17.1. The molecule has 2 aromatic heterocycles. The Morgan fingerprint density at radius 3 is 2.80 bits per heavy atom. The van der Waals surface area contributed by atoms with E-state index in [0.29, 0.717) is 18.9 Å². The number of halogens is 2. The van der Waals surface area contributed by atoms with E-state index < -0.39 is 11.6 Å². The third-order valence-corrected chi connectivity index (χ3v) is 6.91. The molecule has 2 N–H and O–H groups in total. The van der Waals surface area contributed by atoms with E-state index in [1.165, 1.54) is 34.2 Å². The number of aromatic amines is 1. The number of hydrogen-bond donors (Lipinski definition) is 2. The molecule has 3 aromatic carbocycles. The summed E-state index contributed by atoms with van der Waals surface area (Å²) < 4.78 is 27.5. The summed E-state index contributed by atoms with van der Waals surface area (Å²) in [6.07, 6.45) is 5.40. The maximum Gasteiger partial charge on any atom is 0.223 e. The molecule has 0 bridgehead atoms. The fourth-order valence-electron chi connectivity index (χ4n) is 5.13. The fourth-order valence-corrected chi connectivity index (χ4v) is 5.13. The zero-order chi connectivity index (χ0) is 23.9. The molecule has 0 aliphatic heterocycles. The molecule has 2 heterocycles. The monoisotopic (exact) mass is 466 g/mol. The van der Waals surface area contributed by atoms with E-state index in [9.17, 15) is 8.78 Å². The minimum Gasteiger partial charge on any atom is -0.361 e. The third-order valence-electron chi connectivity index (χ3n) is 6.91. The Morgan fingerprint density at radius 1 is 1.03 bits per heavy atom. The van der Waals surface area contributed by atoms with Crippen LogP contribution in [0.2, 0.25) is 0 Å². The van der Waals surface area contributed by atoms with Gasteiger partial charge in [-0.3, -0.25) is 0 Å². The average molecular weight is 467 g/mol. The highest BCUT2D eigenvalue weighted by Crippen LogP contribution is 2.42. The van der Waals surface area contributed by atoms with Crippen LogP contribution in [0.4, 0.5) is 14.7 Å². The highest BCUT2D eigenvalue weighted by molar-refractivity contribution is 5.85. The number of hydrogen-bond acceptors (Lipinski definition) is 3. The van der Waals surface area contributed by atoms with E-state index in [4.69, 9.17) is 4.98 Å². The smallest absolute Gasteiger partial charge is 0.223 e. The molecule has 5 aromatic rings. The lowest BCUT2D eigenvalue weighted by Crippen LogP contribution is -2.16. The maximum atomic E-state index is 14.0. The average Bonchev–Trinajstić information content (AvgIpc) is 3.30. The topological polar surface area (TPSA) is 53.6 Å². The van der Waals surface area contributed by atoms with Crippen LogP contribution in [0.1, 0.15) is 33.7 Å². The molecular formula is C29H24F2N4. The summed E-state index contributed by atoms with van der Waals surface area (Å²) in [5, 5.41) is 4.62. The van der Waals surface area contributed by atoms with Crippen LogP contribution in [0.3, 0.4) is 0 Å². The Labute approximate surface area is 202 Å². The van der Waals surface area contributed by atoms with Crippen molar-refractivity contribution in [3.63, 3.8) is 0 Å². The molecule has 1 unspecified atom stereocenters. The van der Waals surface area contributed by atoms with Crippen molar-refractivity contribution < 1.29 is 8.78 Å². The number of para-hydroxylation sites is 1. The molecule has 174 valence electrons. The van der Waals surface area contributed by atoms with Crippen LogP contribution in [0.15, 0.2) is 73.1 Å². The number of nitrogens with one attached hydrogen (secondary N) is 2. The van der Waals surface area contributed by atoms with Crippen molar-refractivity contribution in [3.8, 4) is 11.3 Å². The summed E-state index contributed by atoms with van der Waals surface area (Å²) in [4.78, 5) is 12.8. The van der Waals surface area contributed by atoms with E-state index in [2.05, 4.69) is 46.6 Å². The van der Waals surface area contributed by atoms with Crippen LogP contribution in [0, 0.1) is 18.6 Å². The number of benzene rings is 3. The van der Waals surface area contributed by atoms with E-state index in [0.717, 1.165) is 34.4 Å². The van der Waals surface area contributed by atoms with Crippen LogP contribution < -0.4 is 5.32 Å². The Kier molecular flexibility index (Phi) is 5.29. The lowest BCUT2D eigenvalue weighted by Gasteiger charge is -2.27. The summed E-state index contributed by atoms with van der Waals surface area (Å²) in [5.41, 5.74) is 8.37. The van der Waals surface area contributed by atoms with Gasteiger partial charge >= 0.3 is 0 Å². The maximum absolute atomic E-state index is 14.0. The summed E-state index contributed by atoms with van der Waals surface area (Å²) in [7, 11) is 0. The van der Waals surface area contributed by atoms with Crippen molar-refractivity contribution in [2.75, 3.05) is 11.9 Å². The van der Waals surface area contributed by atoms with Crippen molar-refractivity contribution >= 4 is 16.9 Å². The fraction of sp³-hybridized carbons (Fsp3) is 0.172. The van der Waals surface area contributed by atoms with Crippen LogP contribution >= 0.6 is 0 Å². The number of aromatic nitrogens is 3. The van der Waals surface area contributed by atoms with Crippen molar-refractivity contribution in [2.24, 2.45) is 0 Å². The van der Waals surface area contributed by atoms with Crippen molar-refractivity contribution in [2.45, 2.75) is 25.7 Å². The van der Waals surface area contributed by atoms with E-state index in [1.54, 1.807) is 6.07 Å². The number of fused-ring (bicyclic) bond motifs is 4. The van der Waals surface area contributed by atoms with Gasteiger partial charge in [0.1, 0.15) is 0 Å². The standard InChI is InChI=1S/C29H24F2N4/c1-17-5-4-8-21-19(15-33-27(17)21)11-12-32-29-34-16-20-13-24(18-9-10-25(30)26(31)14-18)22-6-2-3-7-23(22)28(20)35-29/h2-10,14-16,24,33H,11-13H2,1H3,(H,32,34,35). The minimum atomic E-state index is -0.833. The molecule has 1 aliphatic carbocycles. The van der Waals surface area contributed by atoms with Gasteiger partial charge in [-0.2, -0.15) is 0 Å². The second kappa shape index (κ2) is 8.62. The predicted octanol–water partition coefficient (Wildman–Crippen LogP) is 6.55. The van der Waals surface area contributed by atoms with Crippen LogP contribution in [0.5, 0.6) is 0 Å². The molecule has 35 heavy (non-hydrogen) atoms. The van der Waals surface area contributed by atoms with Gasteiger partial charge in [0.2, 0.25) is 5.95 Å². The summed E-state index contributed by atoms with van der Waals surface area (Å²) in [5.74, 6) is -1.16. The molecule has 0 saturated heterocycles. The van der Waals surface area contributed by atoms with Gasteiger partial charge < -0.3 is 10.3 Å². The highest BCUT2D eigenvalue weighted by atomic mass is 19.2. The third kappa shape index (κ3) is 3.85. The van der Waals surface area contributed by atoms with Gasteiger partial charge in [0.15, 0.2) is 11.6 Å². The van der Waals surface area contributed by atoms with Crippen molar-refractivity contribution in [1.82, 2.24) is 15.0 Å². The highest BCUT2D eigenvalue weighted by Gasteiger charge is 2.28. The zero-order valence-corrected chi connectivity index (χ0v) is 19.3. The largest absolute Gasteiger partial charge is 0.361 e. The molecule has 4 nitrogen and oxygen atoms in total. The quantitative estimate of drug-likeness (QED) is 0.309. The molecule has 0 spiro atoms. The van der Waals surface area contributed by atoms with Crippen LogP contribution in [0.25, 0.3) is 22.2 Å². The molecule has 0 fully saturated rings. The normalized spacial score (nSPS) is 14.5. The van der Waals surface area contributed by atoms with E-state index >= 15 is 0 Å². The van der Waals surface area contributed by atoms with Crippen LogP contribution in [-0.2, 0) is 12.8 Å². The van der Waals surface area contributed by atoms with Gasteiger partial charge in [-0.15, -0.1) is 0 Å². The van der Waals surface area contributed by atoms with Crippen molar-refractivity contribution in [3.05, 3.63) is 113 Å². The molecule has 1 atom stereocenters. The number of nitrogens with zero attached hydrogens (tertiary/aromatic N) is 2. The van der Waals surface area contributed by atoms with Gasteiger partial charge in [-0.1, -0.05) is 48.5 Å². The number of aryl methyl sites for hydroxylation is 1. The number of anilines is 1. The summed E-state index contributed by atoms with van der Waals surface area (Å²) in [6, 6.07) is 18.5. The molecule has 0 saturated carbocycles. The predicted molar refractivity (Wildman–Crippen MR) is 135 cm³/mol. The number of H-pyrrole nitrogens is 1. The molecule has 0 radical (unpaired) electrons. The van der Waals surface area contributed by atoms with Gasteiger partial charge in [-0.25, -0.2) is 18.7 Å². The second-order valence-corrected chi connectivity index (χ2v) is 9.07. The molecular weight excluding hydrogens is 442 g/mol. The summed E-state index contributed by atoms with van der Waals surface area (Å²) >= 11 is 0. The molecule has 1 aliphatic rings. The Bertz CT molecular complexity index is 1560. The Morgan fingerprint density at radius 2 is 1.91 bits per heavy atom. The lowest BCUT2D eigenvalue weighted by atomic mass is 9.78. The SMILES string of the molecule is Cc1cccc2c(CCNc3ncc4c(n3)-c3ccccc3C(c3ccc(F)c(F)c3)C4)c[nH]c12. The number of rotatable bonds is 5. The van der Waals surface area contributed by atoms with Crippen molar-refractivity contribution in [1.29, 1.82) is 0 Å². The van der Waals surface area contributed by atoms with Gasteiger partial charge in [-0.05, 0) is 59.7 Å². The minimum absolute atomic E-state index is 0.0819.